The second kappa shape index (κ2) is 10.3. The molecule has 1 aliphatic rings. The van der Waals surface area contributed by atoms with Crippen LogP contribution in [0, 0.1) is 6.92 Å². The third-order valence-electron chi connectivity index (χ3n) is 5.94. The number of carbonyl (C=O) groups excluding carboxylic acids is 2. The van der Waals surface area contributed by atoms with E-state index in [1.807, 2.05) is 59.5 Å². The van der Waals surface area contributed by atoms with Crippen molar-refractivity contribution in [2.45, 2.75) is 38.8 Å². The van der Waals surface area contributed by atoms with Gasteiger partial charge in [0.25, 0.3) is 5.91 Å². The average molecular weight is 445 g/mol. The standard InChI is InChI=1S/C26H28N4O3/c1-18-21(26(32)28-16-20-11-6-7-13-23(20)33-2)17-27-25(29-18)22-12-8-14-30(22)24(31)15-19-9-4-3-5-10-19/h3-7,9-11,13,17,22H,8,12,14-16H2,1-2H3,(H,28,32)/t22-/m0/s1. The van der Waals surface area contributed by atoms with E-state index in [0.717, 1.165) is 29.7 Å². The first kappa shape index (κ1) is 22.5. The summed E-state index contributed by atoms with van der Waals surface area (Å²) in [6, 6.07) is 17.1. The van der Waals surface area contributed by atoms with Crippen molar-refractivity contribution in [3.8, 4) is 5.75 Å². The van der Waals surface area contributed by atoms with Crippen LogP contribution < -0.4 is 10.1 Å². The molecule has 0 radical (unpaired) electrons. The zero-order valence-electron chi connectivity index (χ0n) is 19.0. The molecule has 0 unspecified atom stereocenters. The molecule has 2 aromatic carbocycles. The Morgan fingerprint density at radius 3 is 2.64 bits per heavy atom. The molecule has 7 heteroatoms. The van der Waals surface area contributed by atoms with Gasteiger partial charge in [-0.15, -0.1) is 0 Å². The molecule has 1 aliphatic heterocycles. The smallest absolute Gasteiger partial charge is 0.254 e. The number of methoxy groups -OCH3 is 1. The summed E-state index contributed by atoms with van der Waals surface area (Å²) >= 11 is 0. The van der Waals surface area contributed by atoms with Gasteiger partial charge < -0.3 is 15.0 Å². The number of ether oxygens (including phenoxy) is 1. The van der Waals surface area contributed by atoms with Crippen LogP contribution in [0.3, 0.4) is 0 Å². The van der Waals surface area contributed by atoms with Crippen LogP contribution in [0.2, 0.25) is 0 Å². The average Bonchev–Trinajstić information content (AvgIpc) is 3.33. The number of rotatable bonds is 7. The maximum atomic E-state index is 12.9. The highest BCUT2D eigenvalue weighted by atomic mass is 16.5. The van der Waals surface area contributed by atoms with Crippen LogP contribution >= 0.6 is 0 Å². The lowest BCUT2D eigenvalue weighted by molar-refractivity contribution is -0.131. The molecule has 4 rings (SSSR count). The lowest BCUT2D eigenvalue weighted by atomic mass is 10.1. The number of para-hydroxylation sites is 1. The topological polar surface area (TPSA) is 84.4 Å². The first-order valence-corrected chi connectivity index (χ1v) is 11.1. The molecule has 1 fully saturated rings. The molecule has 33 heavy (non-hydrogen) atoms. The summed E-state index contributed by atoms with van der Waals surface area (Å²) in [7, 11) is 1.61. The van der Waals surface area contributed by atoms with Crippen LogP contribution in [0.25, 0.3) is 0 Å². The Labute approximate surface area is 193 Å². The quantitative estimate of drug-likeness (QED) is 0.602. The van der Waals surface area contributed by atoms with E-state index in [4.69, 9.17) is 4.74 Å². The van der Waals surface area contributed by atoms with Crippen molar-refractivity contribution in [3.63, 3.8) is 0 Å². The van der Waals surface area contributed by atoms with E-state index in [-0.39, 0.29) is 17.9 Å². The first-order valence-electron chi connectivity index (χ1n) is 11.1. The first-order chi connectivity index (χ1) is 16.1. The number of carbonyl (C=O) groups is 2. The van der Waals surface area contributed by atoms with Gasteiger partial charge in [-0.05, 0) is 31.4 Å². The molecule has 0 bridgehead atoms. The molecular weight excluding hydrogens is 416 g/mol. The summed E-state index contributed by atoms with van der Waals surface area (Å²) in [6.45, 7) is 2.84. The molecule has 3 aromatic rings. The fraction of sp³-hybridized carbons (Fsp3) is 0.308. The second-order valence-electron chi connectivity index (χ2n) is 8.13. The molecule has 0 saturated carbocycles. The minimum atomic E-state index is -0.242. The molecule has 1 atom stereocenters. The van der Waals surface area contributed by atoms with E-state index < -0.39 is 0 Å². The van der Waals surface area contributed by atoms with Crippen LogP contribution in [0.4, 0.5) is 0 Å². The molecule has 7 nitrogen and oxygen atoms in total. The Kier molecular flexibility index (Phi) is 6.98. The number of nitrogens with zero attached hydrogens (tertiary/aromatic N) is 3. The maximum absolute atomic E-state index is 12.9. The predicted octanol–water partition coefficient (Wildman–Crippen LogP) is 3.63. The summed E-state index contributed by atoms with van der Waals surface area (Å²) in [6.07, 6.45) is 3.65. The molecule has 2 heterocycles. The normalized spacial score (nSPS) is 15.3. The van der Waals surface area contributed by atoms with Crippen molar-refractivity contribution in [2.75, 3.05) is 13.7 Å². The molecule has 2 amide bonds. The molecule has 1 aromatic heterocycles. The Bertz CT molecular complexity index is 1130. The summed E-state index contributed by atoms with van der Waals surface area (Å²) in [5, 5.41) is 2.91. The van der Waals surface area contributed by atoms with Crippen molar-refractivity contribution in [1.29, 1.82) is 0 Å². The van der Waals surface area contributed by atoms with Crippen LogP contribution in [0.5, 0.6) is 5.75 Å². The number of likely N-dealkylation sites (tertiary alicyclic amines) is 1. The van der Waals surface area contributed by atoms with Crippen molar-refractivity contribution in [3.05, 3.63) is 89.0 Å². The summed E-state index contributed by atoms with van der Waals surface area (Å²) in [4.78, 5) is 36.6. The summed E-state index contributed by atoms with van der Waals surface area (Å²) < 4.78 is 5.34. The van der Waals surface area contributed by atoms with Crippen LogP contribution in [0.15, 0.2) is 60.8 Å². The van der Waals surface area contributed by atoms with Crippen LogP contribution in [-0.2, 0) is 17.8 Å². The number of benzene rings is 2. The van der Waals surface area contributed by atoms with Crippen LogP contribution in [0.1, 0.15) is 51.9 Å². The zero-order valence-corrected chi connectivity index (χ0v) is 19.0. The minimum absolute atomic E-state index is 0.0728. The lowest BCUT2D eigenvalue weighted by Crippen LogP contribution is -2.33. The fourth-order valence-electron chi connectivity index (χ4n) is 4.19. The molecule has 170 valence electrons. The molecular formula is C26H28N4O3. The third-order valence-corrected chi connectivity index (χ3v) is 5.94. The molecule has 1 N–H and O–H groups in total. The van der Waals surface area contributed by atoms with Gasteiger partial charge in [0.2, 0.25) is 5.91 Å². The summed E-state index contributed by atoms with van der Waals surface area (Å²) in [5.41, 5.74) is 2.91. The third kappa shape index (κ3) is 5.19. The Morgan fingerprint density at radius 2 is 1.88 bits per heavy atom. The number of aryl methyl sites for hydroxylation is 1. The van der Waals surface area contributed by atoms with E-state index >= 15 is 0 Å². The van der Waals surface area contributed by atoms with Gasteiger partial charge >= 0.3 is 0 Å². The molecule has 0 aliphatic carbocycles. The predicted molar refractivity (Wildman–Crippen MR) is 125 cm³/mol. The Morgan fingerprint density at radius 1 is 1.12 bits per heavy atom. The van der Waals surface area contributed by atoms with Gasteiger partial charge in [-0.2, -0.15) is 0 Å². The van der Waals surface area contributed by atoms with Gasteiger partial charge in [-0.25, -0.2) is 9.97 Å². The van der Waals surface area contributed by atoms with E-state index in [2.05, 4.69) is 15.3 Å². The highest BCUT2D eigenvalue weighted by Crippen LogP contribution is 2.30. The maximum Gasteiger partial charge on any atom is 0.254 e. The fourth-order valence-corrected chi connectivity index (χ4v) is 4.19. The number of aromatic nitrogens is 2. The lowest BCUT2D eigenvalue weighted by Gasteiger charge is -2.24. The largest absolute Gasteiger partial charge is 0.496 e. The highest BCUT2D eigenvalue weighted by molar-refractivity contribution is 5.94. The van der Waals surface area contributed by atoms with Crippen molar-refractivity contribution >= 4 is 11.8 Å². The molecule has 0 spiro atoms. The van der Waals surface area contributed by atoms with E-state index in [1.165, 1.54) is 0 Å². The van der Waals surface area contributed by atoms with E-state index in [0.29, 0.717) is 36.6 Å². The van der Waals surface area contributed by atoms with Crippen molar-refractivity contribution in [1.82, 2.24) is 20.2 Å². The number of hydrogen-bond donors (Lipinski definition) is 1. The second-order valence-corrected chi connectivity index (χ2v) is 8.13. The van der Waals surface area contributed by atoms with Gasteiger partial charge in [0.05, 0.1) is 30.8 Å². The van der Waals surface area contributed by atoms with E-state index in [9.17, 15) is 9.59 Å². The SMILES string of the molecule is COc1ccccc1CNC(=O)c1cnc([C@@H]2CCCN2C(=O)Cc2ccccc2)nc1C. The zero-order chi connectivity index (χ0) is 23.2. The van der Waals surface area contributed by atoms with Crippen LogP contribution in [-0.4, -0.2) is 40.3 Å². The number of nitrogens with one attached hydrogen (secondary N) is 1. The van der Waals surface area contributed by atoms with Gasteiger partial charge in [-0.1, -0.05) is 48.5 Å². The summed E-state index contributed by atoms with van der Waals surface area (Å²) in [5.74, 6) is 1.15. The van der Waals surface area contributed by atoms with Gasteiger partial charge in [0.1, 0.15) is 5.75 Å². The number of amides is 2. The van der Waals surface area contributed by atoms with Crippen molar-refractivity contribution < 1.29 is 14.3 Å². The Hall–Kier alpha value is -3.74. The Balaban J connectivity index is 1.44. The monoisotopic (exact) mass is 444 g/mol. The molecule has 1 saturated heterocycles. The highest BCUT2D eigenvalue weighted by Gasteiger charge is 2.32. The van der Waals surface area contributed by atoms with Gasteiger partial charge in [-0.3, -0.25) is 9.59 Å². The minimum Gasteiger partial charge on any atom is -0.496 e. The van der Waals surface area contributed by atoms with Crippen molar-refractivity contribution in [2.24, 2.45) is 0 Å². The van der Waals surface area contributed by atoms with E-state index in [1.54, 1.807) is 20.2 Å². The van der Waals surface area contributed by atoms with Gasteiger partial charge in [0, 0.05) is 24.8 Å². The van der Waals surface area contributed by atoms with Gasteiger partial charge in [0.15, 0.2) is 5.82 Å². The number of hydrogen-bond acceptors (Lipinski definition) is 5.